The van der Waals surface area contributed by atoms with E-state index in [9.17, 15) is 4.79 Å². The number of nitrogens with one attached hydrogen (secondary N) is 1. The molecule has 1 fully saturated rings. The fourth-order valence-electron chi connectivity index (χ4n) is 2.27. The molecule has 1 heterocycles. The van der Waals surface area contributed by atoms with Crippen LogP contribution in [-0.2, 0) is 4.79 Å². The normalized spacial score (nSPS) is 20.6. The van der Waals surface area contributed by atoms with Crippen molar-refractivity contribution in [1.82, 2.24) is 10.2 Å². The maximum Gasteiger partial charge on any atom is 0.225 e. The van der Waals surface area contributed by atoms with Crippen LogP contribution in [0.5, 0.6) is 0 Å². The number of carbonyl (C=O) groups excluding carboxylic acids is 1. The van der Waals surface area contributed by atoms with E-state index >= 15 is 0 Å². The number of carbonyl (C=O) groups is 1. The summed E-state index contributed by atoms with van der Waals surface area (Å²) in [5.41, 5.74) is 1.22. The molecule has 1 atom stereocenters. The monoisotopic (exact) mass is 232 g/mol. The number of hydrogen-bond donors (Lipinski definition) is 1. The van der Waals surface area contributed by atoms with E-state index in [2.05, 4.69) is 17.4 Å². The Kier molecular flexibility index (Phi) is 3.79. The fourth-order valence-corrected chi connectivity index (χ4v) is 2.27. The van der Waals surface area contributed by atoms with Crippen LogP contribution in [-0.4, -0.2) is 30.4 Å². The first kappa shape index (κ1) is 12.1. The highest BCUT2D eigenvalue weighted by atomic mass is 16.2. The molecule has 17 heavy (non-hydrogen) atoms. The molecule has 0 spiro atoms. The number of rotatable bonds is 2. The lowest BCUT2D eigenvalue weighted by atomic mass is 10.0. The summed E-state index contributed by atoms with van der Waals surface area (Å²) in [6.07, 6.45) is 0. The first-order valence-corrected chi connectivity index (χ1v) is 6.26. The van der Waals surface area contributed by atoms with E-state index in [-0.39, 0.29) is 17.9 Å². The second kappa shape index (κ2) is 5.32. The quantitative estimate of drug-likeness (QED) is 0.843. The van der Waals surface area contributed by atoms with Gasteiger partial charge in [-0.05, 0) is 5.56 Å². The van der Waals surface area contributed by atoms with Gasteiger partial charge in [0, 0.05) is 25.6 Å². The van der Waals surface area contributed by atoms with Gasteiger partial charge in [-0.1, -0.05) is 44.2 Å². The van der Waals surface area contributed by atoms with Crippen LogP contribution in [0.4, 0.5) is 0 Å². The number of amides is 1. The molecular weight excluding hydrogens is 212 g/mol. The van der Waals surface area contributed by atoms with Gasteiger partial charge in [-0.15, -0.1) is 0 Å². The van der Waals surface area contributed by atoms with Gasteiger partial charge in [0.2, 0.25) is 5.91 Å². The standard InChI is InChI=1S/C14H20N2O/c1-11(2)14(17)16-9-8-15-10-13(16)12-6-4-3-5-7-12/h3-7,11,13,15H,8-10H2,1-2H3. The molecule has 0 aliphatic carbocycles. The Hall–Kier alpha value is -1.35. The Balaban J connectivity index is 2.21. The lowest BCUT2D eigenvalue weighted by molar-refractivity contribution is -0.137. The topological polar surface area (TPSA) is 32.3 Å². The maximum absolute atomic E-state index is 12.2. The average Bonchev–Trinajstić information content (AvgIpc) is 2.39. The van der Waals surface area contributed by atoms with Crippen LogP contribution in [0, 0.1) is 5.92 Å². The highest BCUT2D eigenvalue weighted by Gasteiger charge is 2.28. The van der Waals surface area contributed by atoms with E-state index < -0.39 is 0 Å². The van der Waals surface area contributed by atoms with E-state index in [0.29, 0.717) is 0 Å². The molecule has 1 amide bonds. The fraction of sp³-hybridized carbons (Fsp3) is 0.500. The largest absolute Gasteiger partial charge is 0.333 e. The molecule has 92 valence electrons. The minimum absolute atomic E-state index is 0.0688. The summed E-state index contributed by atoms with van der Waals surface area (Å²) in [6, 6.07) is 10.4. The van der Waals surface area contributed by atoms with Crippen LogP contribution < -0.4 is 5.32 Å². The Morgan fingerprint density at radius 1 is 1.35 bits per heavy atom. The summed E-state index contributed by atoms with van der Waals surface area (Å²) in [4.78, 5) is 14.2. The number of benzene rings is 1. The molecule has 1 aromatic rings. The lowest BCUT2D eigenvalue weighted by Crippen LogP contribution is -2.49. The molecule has 3 nitrogen and oxygen atoms in total. The van der Waals surface area contributed by atoms with Crippen molar-refractivity contribution in [2.24, 2.45) is 5.92 Å². The molecule has 1 aromatic carbocycles. The van der Waals surface area contributed by atoms with Crippen molar-refractivity contribution in [3.05, 3.63) is 35.9 Å². The van der Waals surface area contributed by atoms with E-state index in [1.165, 1.54) is 5.56 Å². The molecule has 3 heteroatoms. The van der Waals surface area contributed by atoms with Crippen LogP contribution in [0.3, 0.4) is 0 Å². The van der Waals surface area contributed by atoms with Gasteiger partial charge in [-0.25, -0.2) is 0 Å². The third-order valence-electron chi connectivity index (χ3n) is 3.20. The first-order valence-electron chi connectivity index (χ1n) is 6.26. The molecule has 2 rings (SSSR count). The minimum atomic E-state index is 0.0688. The second-order valence-electron chi connectivity index (χ2n) is 4.82. The molecule has 0 radical (unpaired) electrons. The van der Waals surface area contributed by atoms with Crippen molar-refractivity contribution in [2.45, 2.75) is 19.9 Å². The van der Waals surface area contributed by atoms with Gasteiger partial charge >= 0.3 is 0 Å². The van der Waals surface area contributed by atoms with Crippen molar-refractivity contribution < 1.29 is 4.79 Å². The van der Waals surface area contributed by atoms with Crippen LogP contribution in [0.15, 0.2) is 30.3 Å². The smallest absolute Gasteiger partial charge is 0.225 e. The van der Waals surface area contributed by atoms with Crippen molar-refractivity contribution >= 4 is 5.91 Å². The van der Waals surface area contributed by atoms with Gasteiger partial charge in [0.25, 0.3) is 0 Å². The molecule has 1 unspecified atom stereocenters. The predicted octanol–water partition coefficient (Wildman–Crippen LogP) is 1.82. The second-order valence-corrected chi connectivity index (χ2v) is 4.82. The van der Waals surface area contributed by atoms with Gasteiger partial charge in [-0.2, -0.15) is 0 Å². The van der Waals surface area contributed by atoms with E-state index in [1.807, 2.05) is 36.9 Å². The zero-order chi connectivity index (χ0) is 12.3. The number of hydrogen-bond acceptors (Lipinski definition) is 2. The molecule has 1 aliphatic heterocycles. The van der Waals surface area contributed by atoms with Crippen molar-refractivity contribution in [1.29, 1.82) is 0 Å². The number of piperazine rings is 1. The van der Waals surface area contributed by atoms with E-state index in [1.54, 1.807) is 0 Å². The predicted molar refractivity (Wildman–Crippen MR) is 68.6 cm³/mol. The summed E-state index contributed by atoms with van der Waals surface area (Å²) in [7, 11) is 0. The third kappa shape index (κ3) is 2.67. The zero-order valence-corrected chi connectivity index (χ0v) is 10.5. The SMILES string of the molecule is CC(C)C(=O)N1CCNCC1c1ccccc1. The average molecular weight is 232 g/mol. The summed E-state index contributed by atoms with van der Waals surface area (Å²) in [5, 5.41) is 3.36. The van der Waals surface area contributed by atoms with Crippen molar-refractivity contribution in [3.8, 4) is 0 Å². The van der Waals surface area contributed by atoms with E-state index in [0.717, 1.165) is 19.6 Å². The van der Waals surface area contributed by atoms with Crippen molar-refractivity contribution in [3.63, 3.8) is 0 Å². The van der Waals surface area contributed by atoms with Gasteiger partial charge in [0.15, 0.2) is 0 Å². The highest BCUT2D eigenvalue weighted by Crippen LogP contribution is 2.23. The van der Waals surface area contributed by atoms with Gasteiger partial charge in [-0.3, -0.25) is 4.79 Å². The van der Waals surface area contributed by atoms with E-state index in [4.69, 9.17) is 0 Å². The van der Waals surface area contributed by atoms with Crippen LogP contribution in [0.2, 0.25) is 0 Å². The zero-order valence-electron chi connectivity index (χ0n) is 10.5. The Morgan fingerprint density at radius 3 is 2.71 bits per heavy atom. The molecule has 0 bridgehead atoms. The first-order chi connectivity index (χ1) is 8.20. The third-order valence-corrected chi connectivity index (χ3v) is 3.20. The van der Waals surface area contributed by atoms with Crippen LogP contribution in [0.25, 0.3) is 0 Å². The molecule has 0 saturated carbocycles. The summed E-state index contributed by atoms with van der Waals surface area (Å²) in [6.45, 7) is 6.47. The Bertz CT molecular complexity index is 375. The highest BCUT2D eigenvalue weighted by molar-refractivity contribution is 5.78. The van der Waals surface area contributed by atoms with Crippen LogP contribution in [0.1, 0.15) is 25.5 Å². The Labute approximate surface area is 103 Å². The van der Waals surface area contributed by atoms with Crippen molar-refractivity contribution in [2.75, 3.05) is 19.6 Å². The molecule has 0 aromatic heterocycles. The van der Waals surface area contributed by atoms with Gasteiger partial charge in [0.05, 0.1) is 6.04 Å². The molecule has 1 N–H and O–H groups in total. The van der Waals surface area contributed by atoms with Gasteiger partial charge < -0.3 is 10.2 Å². The Morgan fingerprint density at radius 2 is 2.06 bits per heavy atom. The van der Waals surface area contributed by atoms with Crippen LogP contribution >= 0.6 is 0 Å². The molecule has 1 aliphatic rings. The summed E-state index contributed by atoms with van der Waals surface area (Å²) < 4.78 is 0. The molecular formula is C14H20N2O. The number of nitrogens with zero attached hydrogens (tertiary/aromatic N) is 1. The minimum Gasteiger partial charge on any atom is -0.333 e. The lowest BCUT2D eigenvalue weighted by Gasteiger charge is -2.37. The summed E-state index contributed by atoms with van der Waals surface area (Å²) in [5.74, 6) is 0.319. The molecule has 1 saturated heterocycles. The van der Waals surface area contributed by atoms with Gasteiger partial charge in [0.1, 0.15) is 0 Å². The summed E-state index contributed by atoms with van der Waals surface area (Å²) >= 11 is 0. The maximum atomic E-state index is 12.2.